The van der Waals surface area contributed by atoms with Gasteiger partial charge in [0.2, 0.25) is 10.0 Å². The number of urea groups is 1. The van der Waals surface area contributed by atoms with Gasteiger partial charge in [0.15, 0.2) is 0 Å². The van der Waals surface area contributed by atoms with Gasteiger partial charge in [-0.05, 0) is 36.2 Å². The zero-order valence-electron chi connectivity index (χ0n) is 18.4. The number of ether oxygens (including phenoxy) is 1. The third-order valence-corrected chi connectivity index (χ3v) is 7.23. The lowest BCUT2D eigenvalue weighted by Gasteiger charge is -2.32. The van der Waals surface area contributed by atoms with Crippen LogP contribution in [0.2, 0.25) is 0 Å². The Balaban J connectivity index is 1.83. The maximum Gasteiger partial charge on any atom is 0.324 e. The highest BCUT2D eigenvalue weighted by Crippen LogP contribution is 2.25. The minimum absolute atomic E-state index is 0.0591. The highest BCUT2D eigenvalue weighted by atomic mass is 32.2. The number of amides is 2. The summed E-state index contributed by atoms with van der Waals surface area (Å²) in [5.74, 6) is -0.863. The maximum absolute atomic E-state index is 13.3. The van der Waals surface area contributed by atoms with Gasteiger partial charge in [-0.25, -0.2) is 13.2 Å². The number of nitrogens with zero attached hydrogens (tertiary/aromatic N) is 2. The van der Waals surface area contributed by atoms with E-state index in [-0.39, 0.29) is 17.9 Å². The Labute approximate surface area is 193 Å². The first-order valence-corrected chi connectivity index (χ1v) is 11.8. The summed E-state index contributed by atoms with van der Waals surface area (Å²) in [5, 5.41) is 12.7. The first-order valence-electron chi connectivity index (χ1n) is 10.3. The Hall–Kier alpha value is -3.37. The van der Waals surface area contributed by atoms with E-state index in [4.69, 9.17) is 4.74 Å². The number of carbonyl (C=O) groups is 2. The van der Waals surface area contributed by atoms with E-state index in [1.165, 1.54) is 36.3 Å². The van der Waals surface area contributed by atoms with Crippen LogP contribution in [0.15, 0.2) is 71.6 Å². The van der Waals surface area contributed by atoms with E-state index in [2.05, 4.69) is 5.32 Å². The molecular weight excluding hydrogens is 446 g/mol. The number of carboxylic acids is 1. The molecule has 33 heavy (non-hydrogen) atoms. The SMILES string of the molecule is COc1ccc(S(=O)(=O)N2CC=CCC(NC(=O)N(C)Cc3ccccc3)C2C(=O)O)cc1. The predicted octanol–water partition coefficient (Wildman–Crippen LogP) is 2.31. The molecule has 176 valence electrons. The van der Waals surface area contributed by atoms with Crippen molar-refractivity contribution in [2.75, 3.05) is 20.7 Å². The first kappa shape index (κ1) is 24.3. The third kappa shape index (κ3) is 5.71. The summed E-state index contributed by atoms with van der Waals surface area (Å²) in [5.41, 5.74) is 0.911. The van der Waals surface area contributed by atoms with Crippen LogP contribution >= 0.6 is 0 Å². The molecule has 1 aliphatic rings. The molecule has 0 radical (unpaired) electrons. The average molecular weight is 474 g/mol. The van der Waals surface area contributed by atoms with Crippen molar-refractivity contribution in [1.82, 2.24) is 14.5 Å². The number of carbonyl (C=O) groups excluding carboxylic acids is 1. The lowest BCUT2D eigenvalue weighted by molar-refractivity contribution is -0.142. The van der Waals surface area contributed by atoms with Crippen molar-refractivity contribution in [2.45, 2.75) is 29.9 Å². The van der Waals surface area contributed by atoms with Gasteiger partial charge in [0, 0.05) is 20.1 Å². The maximum atomic E-state index is 13.3. The Morgan fingerprint density at radius 3 is 2.39 bits per heavy atom. The lowest BCUT2D eigenvalue weighted by atomic mass is 10.1. The predicted molar refractivity (Wildman–Crippen MR) is 122 cm³/mol. The van der Waals surface area contributed by atoms with E-state index >= 15 is 0 Å². The van der Waals surface area contributed by atoms with Gasteiger partial charge in [-0.15, -0.1) is 0 Å². The molecule has 0 spiro atoms. The van der Waals surface area contributed by atoms with E-state index in [1.807, 2.05) is 30.3 Å². The van der Waals surface area contributed by atoms with E-state index in [9.17, 15) is 23.1 Å². The lowest BCUT2D eigenvalue weighted by Crippen LogP contribution is -2.57. The van der Waals surface area contributed by atoms with Crippen LogP contribution in [-0.4, -0.2) is 67.5 Å². The number of hydrogen-bond donors (Lipinski definition) is 2. The van der Waals surface area contributed by atoms with Crippen LogP contribution in [0.5, 0.6) is 5.75 Å². The van der Waals surface area contributed by atoms with E-state index in [1.54, 1.807) is 19.2 Å². The minimum atomic E-state index is -4.16. The summed E-state index contributed by atoms with van der Waals surface area (Å²) in [6, 6.07) is 12.1. The van der Waals surface area contributed by atoms with Crippen molar-refractivity contribution in [1.29, 1.82) is 0 Å². The van der Waals surface area contributed by atoms with Crippen molar-refractivity contribution in [3.05, 3.63) is 72.3 Å². The Bertz CT molecular complexity index is 1100. The molecular formula is C23H27N3O6S. The molecule has 2 unspecified atom stereocenters. The molecule has 10 heteroatoms. The zero-order chi connectivity index (χ0) is 24.0. The number of aliphatic carboxylic acids is 1. The van der Waals surface area contributed by atoms with Gasteiger partial charge in [-0.1, -0.05) is 42.5 Å². The number of hydrogen-bond acceptors (Lipinski definition) is 5. The Morgan fingerprint density at radius 1 is 1.12 bits per heavy atom. The van der Waals surface area contributed by atoms with Gasteiger partial charge in [0.25, 0.3) is 0 Å². The highest BCUT2D eigenvalue weighted by Gasteiger charge is 2.42. The number of methoxy groups -OCH3 is 1. The molecule has 0 aromatic heterocycles. The molecule has 0 aliphatic carbocycles. The van der Waals surface area contributed by atoms with Crippen LogP contribution in [0.3, 0.4) is 0 Å². The van der Waals surface area contributed by atoms with Crippen molar-refractivity contribution in [2.24, 2.45) is 0 Å². The Kier molecular flexibility index (Phi) is 7.72. The molecule has 0 bridgehead atoms. The van der Waals surface area contributed by atoms with Crippen LogP contribution in [0, 0.1) is 0 Å². The van der Waals surface area contributed by atoms with Crippen LogP contribution in [0.1, 0.15) is 12.0 Å². The summed E-state index contributed by atoms with van der Waals surface area (Å²) in [6.45, 7) is 0.193. The summed E-state index contributed by atoms with van der Waals surface area (Å²) in [6.07, 6.45) is 3.45. The minimum Gasteiger partial charge on any atom is -0.497 e. The molecule has 2 aromatic rings. The topological polar surface area (TPSA) is 116 Å². The van der Waals surface area contributed by atoms with E-state index in [0.717, 1.165) is 9.87 Å². The smallest absolute Gasteiger partial charge is 0.324 e. The molecule has 0 fully saturated rings. The summed E-state index contributed by atoms with van der Waals surface area (Å²) < 4.78 is 32.6. The second-order valence-corrected chi connectivity index (χ2v) is 9.53. The fourth-order valence-electron chi connectivity index (χ4n) is 3.63. The van der Waals surface area contributed by atoms with Gasteiger partial charge in [0.1, 0.15) is 11.8 Å². The fourth-order valence-corrected chi connectivity index (χ4v) is 5.20. The number of carboxylic acid groups (broad SMARTS) is 1. The van der Waals surface area contributed by atoms with Crippen molar-refractivity contribution in [3.63, 3.8) is 0 Å². The summed E-state index contributed by atoms with van der Waals surface area (Å²) >= 11 is 0. The fraction of sp³-hybridized carbons (Fsp3) is 0.304. The quantitative estimate of drug-likeness (QED) is 0.596. The van der Waals surface area contributed by atoms with Crippen molar-refractivity contribution in [3.8, 4) is 5.75 Å². The molecule has 2 aromatic carbocycles. The molecule has 0 saturated carbocycles. The van der Waals surface area contributed by atoms with Crippen molar-refractivity contribution >= 4 is 22.0 Å². The number of sulfonamides is 1. The molecule has 2 amide bonds. The number of rotatable bonds is 7. The molecule has 2 N–H and O–H groups in total. The van der Waals surface area contributed by atoms with Gasteiger partial charge in [0.05, 0.1) is 18.0 Å². The molecule has 0 saturated heterocycles. The summed E-state index contributed by atoms with van der Waals surface area (Å²) in [7, 11) is -1.10. The van der Waals surface area contributed by atoms with Crippen molar-refractivity contribution < 1.29 is 27.9 Å². The largest absolute Gasteiger partial charge is 0.497 e. The monoisotopic (exact) mass is 473 g/mol. The Morgan fingerprint density at radius 2 is 1.79 bits per heavy atom. The molecule has 2 atom stereocenters. The van der Waals surface area contributed by atoms with Gasteiger partial charge in [-0.2, -0.15) is 4.31 Å². The highest BCUT2D eigenvalue weighted by molar-refractivity contribution is 7.89. The molecule has 9 nitrogen and oxygen atoms in total. The number of nitrogens with one attached hydrogen (secondary N) is 1. The molecule has 3 rings (SSSR count). The van der Waals surface area contributed by atoms with Crippen LogP contribution in [-0.2, 0) is 21.4 Å². The summed E-state index contributed by atoms with van der Waals surface area (Å²) in [4.78, 5) is 26.4. The second-order valence-electron chi connectivity index (χ2n) is 7.64. The van der Waals surface area contributed by atoms with Gasteiger partial charge >= 0.3 is 12.0 Å². The zero-order valence-corrected chi connectivity index (χ0v) is 19.2. The van der Waals surface area contributed by atoms with Crippen LogP contribution < -0.4 is 10.1 Å². The van der Waals surface area contributed by atoms with Crippen LogP contribution in [0.4, 0.5) is 4.79 Å². The number of benzene rings is 2. The normalized spacial score (nSPS) is 18.8. The average Bonchev–Trinajstić information content (AvgIpc) is 3.02. The standard InChI is InChI=1S/C23H27N3O6S/c1-25(16-17-8-4-3-5-9-17)23(29)24-20-10-6-7-15-26(21(20)22(27)28)33(30,31)19-13-11-18(32-2)12-14-19/h3-9,11-14,20-21H,10,15-16H2,1-2H3,(H,24,29)(H,27,28). The van der Waals surface area contributed by atoms with E-state index < -0.39 is 34.1 Å². The molecule has 1 heterocycles. The van der Waals surface area contributed by atoms with E-state index in [0.29, 0.717) is 12.3 Å². The van der Waals surface area contributed by atoms with Crippen LogP contribution in [0.25, 0.3) is 0 Å². The first-order chi connectivity index (χ1) is 15.7. The molecule has 1 aliphatic heterocycles. The third-order valence-electron chi connectivity index (χ3n) is 5.37. The van der Waals surface area contributed by atoms with Gasteiger partial charge in [-0.3, -0.25) is 4.79 Å². The van der Waals surface area contributed by atoms with Gasteiger partial charge < -0.3 is 20.1 Å². The second kappa shape index (κ2) is 10.5.